The maximum atomic E-state index is 6.53. The first kappa shape index (κ1) is 13.2. The molecule has 17 heavy (non-hydrogen) atoms. The lowest BCUT2D eigenvalue weighted by atomic mass is 9.96. The Bertz CT molecular complexity index is 397. The van der Waals surface area contributed by atoms with Gasteiger partial charge in [-0.05, 0) is 31.0 Å². The van der Waals surface area contributed by atoms with E-state index in [1.807, 2.05) is 18.2 Å². The first-order valence-electron chi connectivity index (χ1n) is 5.71. The molecule has 4 heteroatoms. The Morgan fingerprint density at radius 2 is 2.29 bits per heavy atom. The molecule has 0 aliphatic carbocycles. The molecule has 2 rings (SSSR count). The fourth-order valence-electron chi connectivity index (χ4n) is 2.17. The van der Waals surface area contributed by atoms with E-state index in [1.165, 1.54) is 0 Å². The average molecular weight is 320 g/mol. The fraction of sp³-hybridized carbons (Fsp3) is 0.538. The van der Waals surface area contributed by atoms with E-state index < -0.39 is 0 Å². The number of hydrogen-bond acceptors (Lipinski definition) is 2. The first-order valence-corrected chi connectivity index (χ1v) is 6.94. The summed E-state index contributed by atoms with van der Waals surface area (Å²) in [6.45, 7) is 2.83. The van der Waals surface area contributed by atoms with Crippen molar-refractivity contribution in [2.75, 3.05) is 13.7 Å². The largest absolute Gasteiger partial charge is 0.497 e. The monoisotopic (exact) mass is 318 g/mol. The highest BCUT2D eigenvalue weighted by molar-refractivity contribution is 9.10. The van der Waals surface area contributed by atoms with Crippen LogP contribution in [0.3, 0.4) is 0 Å². The summed E-state index contributed by atoms with van der Waals surface area (Å²) in [7, 11) is 1.66. The van der Waals surface area contributed by atoms with E-state index in [0.717, 1.165) is 28.8 Å². The molecule has 0 radical (unpaired) electrons. The van der Waals surface area contributed by atoms with Crippen molar-refractivity contribution in [3.8, 4) is 5.75 Å². The molecule has 1 aliphatic rings. The minimum atomic E-state index is -0.0137. The third-order valence-electron chi connectivity index (χ3n) is 3.15. The van der Waals surface area contributed by atoms with Crippen molar-refractivity contribution < 1.29 is 9.47 Å². The van der Waals surface area contributed by atoms with Gasteiger partial charge in [0.25, 0.3) is 0 Å². The smallest absolute Gasteiger partial charge is 0.120 e. The molecule has 0 saturated carbocycles. The summed E-state index contributed by atoms with van der Waals surface area (Å²) in [5, 5.41) is -0.0137. The number of ether oxygens (including phenoxy) is 2. The van der Waals surface area contributed by atoms with E-state index >= 15 is 0 Å². The van der Waals surface area contributed by atoms with Crippen LogP contribution in [0.2, 0.25) is 0 Å². The molecule has 1 aromatic rings. The Kier molecular flexibility index (Phi) is 4.34. The topological polar surface area (TPSA) is 18.5 Å². The zero-order valence-corrected chi connectivity index (χ0v) is 12.3. The van der Waals surface area contributed by atoms with Gasteiger partial charge < -0.3 is 9.47 Å². The fourth-order valence-corrected chi connectivity index (χ4v) is 3.27. The molecular formula is C13H16BrClO2. The summed E-state index contributed by atoms with van der Waals surface area (Å²) in [4.78, 5) is 0. The predicted octanol–water partition coefficient (Wildman–Crippen LogP) is 4.16. The van der Waals surface area contributed by atoms with Crippen LogP contribution in [0, 0.1) is 5.92 Å². The molecule has 94 valence electrons. The second kappa shape index (κ2) is 5.59. The highest BCUT2D eigenvalue weighted by atomic mass is 79.9. The summed E-state index contributed by atoms with van der Waals surface area (Å²) < 4.78 is 11.7. The minimum Gasteiger partial charge on any atom is -0.497 e. The number of benzene rings is 1. The van der Waals surface area contributed by atoms with Gasteiger partial charge in [0.1, 0.15) is 5.75 Å². The Balaban J connectivity index is 2.16. The molecular weight excluding hydrogens is 303 g/mol. The highest BCUT2D eigenvalue weighted by Gasteiger charge is 2.30. The maximum absolute atomic E-state index is 6.53. The average Bonchev–Trinajstić information content (AvgIpc) is 2.75. The Labute approximate surface area is 115 Å². The first-order chi connectivity index (χ1) is 8.11. The van der Waals surface area contributed by atoms with Gasteiger partial charge in [0.2, 0.25) is 0 Å². The van der Waals surface area contributed by atoms with E-state index in [0.29, 0.717) is 12.0 Å². The molecule has 1 heterocycles. The third-order valence-corrected chi connectivity index (χ3v) is 4.43. The predicted molar refractivity (Wildman–Crippen MR) is 72.8 cm³/mol. The summed E-state index contributed by atoms with van der Waals surface area (Å²) in [6, 6.07) is 5.90. The van der Waals surface area contributed by atoms with Gasteiger partial charge in [-0.1, -0.05) is 22.0 Å². The van der Waals surface area contributed by atoms with E-state index in [2.05, 4.69) is 22.9 Å². The Morgan fingerprint density at radius 1 is 1.53 bits per heavy atom. The lowest BCUT2D eigenvalue weighted by Crippen LogP contribution is -2.08. The zero-order valence-electron chi connectivity index (χ0n) is 9.95. The van der Waals surface area contributed by atoms with Crippen LogP contribution < -0.4 is 4.74 Å². The molecule has 0 aromatic heterocycles. The van der Waals surface area contributed by atoms with Gasteiger partial charge in [0, 0.05) is 10.4 Å². The maximum Gasteiger partial charge on any atom is 0.120 e. The van der Waals surface area contributed by atoms with Crippen LogP contribution in [0.5, 0.6) is 5.75 Å². The molecule has 1 fully saturated rings. The Morgan fingerprint density at radius 3 is 2.82 bits per heavy atom. The lowest BCUT2D eigenvalue weighted by Gasteiger charge is -2.18. The highest BCUT2D eigenvalue weighted by Crippen LogP contribution is 2.40. The van der Waals surface area contributed by atoms with Crippen LogP contribution in [-0.4, -0.2) is 19.8 Å². The van der Waals surface area contributed by atoms with Gasteiger partial charge in [-0.3, -0.25) is 0 Å². The third kappa shape index (κ3) is 2.95. The van der Waals surface area contributed by atoms with E-state index in [1.54, 1.807) is 7.11 Å². The molecule has 0 spiro atoms. The molecule has 1 saturated heterocycles. The summed E-state index contributed by atoms with van der Waals surface area (Å²) >= 11 is 10.1. The SMILES string of the molecule is COc1ccc(C(Cl)C2COC(C)C2)c(Br)c1. The number of alkyl halides is 1. The van der Waals surface area contributed by atoms with Crippen molar-refractivity contribution in [2.45, 2.75) is 24.8 Å². The summed E-state index contributed by atoms with van der Waals surface area (Å²) in [5.74, 6) is 1.22. The van der Waals surface area contributed by atoms with Crippen LogP contribution in [0.1, 0.15) is 24.3 Å². The van der Waals surface area contributed by atoms with Gasteiger partial charge in [-0.15, -0.1) is 11.6 Å². The van der Waals surface area contributed by atoms with Crippen LogP contribution in [0.25, 0.3) is 0 Å². The van der Waals surface area contributed by atoms with E-state index in [4.69, 9.17) is 21.1 Å². The van der Waals surface area contributed by atoms with Crippen molar-refractivity contribution >= 4 is 27.5 Å². The standard InChI is InChI=1S/C13H16BrClO2/c1-8-5-9(7-17-8)13(15)11-4-3-10(16-2)6-12(11)14/h3-4,6,8-9,13H,5,7H2,1-2H3. The molecule has 0 amide bonds. The van der Waals surface area contributed by atoms with Gasteiger partial charge in [0.15, 0.2) is 0 Å². The Hall–Kier alpha value is -0.250. The van der Waals surface area contributed by atoms with Gasteiger partial charge in [-0.2, -0.15) is 0 Å². The normalized spacial score (nSPS) is 25.9. The van der Waals surface area contributed by atoms with E-state index in [9.17, 15) is 0 Å². The molecule has 0 N–H and O–H groups in total. The van der Waals surface area contributed by atoms with Crippen molar-refractivity contribution in [3.63, 3.8) is 0 Å². The molecule has 0 bridgehead atoms. The van der Waals surface area contributed by atoms with Crippen molar-refractivity contribution in [1.82, 2.24) is 0 Å². The molecule has 3 atom stereocenters. The molecule has 1 aromatic carbocycles. The molecule has 3 unspecified atom stereocenters. The number of halogens is 2. The quantitative estimate of drug-likeness (QED) is 0.779. The second-order valence-electron chi connectivity index (χ2n) is 4.43. The van der Waals surface area contributed by atoms with Crippen LogP contribution >= 0.6 is 27.5 Å². The van der Waals surface area contributed by atoms with E-state index in [-0.39, 0.29) is 5.38 Å². The van der Waals surface area contributed by atoms with Crippen LogP contribution in [-0.2, 0) is 4.74 Å². The zero-order chi connectivity index (χ0) is 12.4. The minimum absolute atomic E-state index is 0.0137. The lowest BCUT2D eigenvalue weighted by molar-refractivity contribution is 0.120. The summed E-state index contributed by atoms with van der Waals surface area (Å²) in [5.41, 5.74) is 1.11. The molecule has 1 aliphatic heterocycles. The summed E-state index contributed by atoms with van der Waals surface area (Å²) in [6.07, 6.45) is 1.34. The number of hydrogen-bond donors (Lipinski definition) is 0. The van der Waals surface area contributed by atoms with Gasteiger partial charge in [-0.25, -0.2) is 0 Å². The van der Waals surface area contributed by atoms with Crippen molar-refractivity contribution in [3.05, 3.63) is 28.2 Å². The number of methoxy groups -OCH3 is 1. The number of rotatable bonds is 3. The van der Waals surface area contributed by atoms with Gasteiger partial charge in [0.05, 0.1) is 25.2 Å². The van der Waals surface area contributed by atoms with Gasteiger partial charge >= 0.3 is 0 Å². The van der Waals surface area contributed by atoms with Crippen molar-refractivity contribution in [1.29, 1.82) is 0 Å². The second-order valence-corrected chi connectivity index (χ2v) is 5.75. The van der Waals surface area contributed by atoms with Crippen LogP contribution in [0.15, 0.2) is 22.7 Å². The molecule has 2 nitrogen and oxygen atoms in total. The van der Waals surface area contributed by atoms with Crippen LogP contribution in [0.4, 0.5) is 0 Å². The van der Waals surface area contributed by atoms with Crippen molar-refractivity contribution in [2.24, 2.45) is 5.92 Å².